The molecule has 0 amide bonds. The van der Waals surface area contributed by atoms with Crippen LogP contribution in [0.1, 0.15) is 26.1 Å². The van der Waals surface area contributed by atoms with Gasteiger partial charge in [-0.15, -0.1) is 0 Å². The lowest BCUT2D eigenvalue weighted by Crippen LogP contribution is -2.37. The van der Waals surface area contributed by atoms with Gasteiger partial charge in [0.25, 0.3) is 0 Å². The number of morpholine rings is 1. The second-order valence-electron chi connectivity index (χ2n) is 5.03. The fraction of sp³-hybridized carbons (Fsp3) is 0.733. The molecule has 2 rings (SSSR count). The average molecular weight is 294 g/mol. The minimum Gasteiger partial charge on any atom is -0.478 e. The maximum atomic E-state index is 5.48. The zero-order chi connectivity index (χ0) is 14.9. The van der Waals surface area contributed by atoms with Gasteiger partial charge in [0.1, 0.15) is 11.6 Å². The summed E-state index contributed by atoms with van der Waals surface area (Å²) in [4.78, 5) is 11.3. The molecule has 1 aromatic heterocycles. The van der Waals surface area contributed by atoms with Gasteiger partial charge in [0, 0.05) is 32.1 Å². The Bertz CT molecular complexity index is 422. The van der Waals surface area contributed by atoms with Gasteiger partial charge in [-0.2, -0.15) is 4.98 Å². The van der Waals surface area contributed by atoms with Crippen LogP contribution in [0.4, 0.5) is 5.82 Å². The smallest absolute Gasteiger partial charge is 0.218 e. The van der Waals surface area contributed by atoms with E-state index in [2.05, 4.69) is 20.2 Å². The summed E-state index contributed by atoms with van der Waals surface area (Å²) in [6.45, 7) is 10.4. The van der Waals surface area contributed by atoms with E-state index in [-0.39, 0.29) is 0 Å². The Morgan fingerprint density at radius 1 is 1.29 bits per heavy atom. The van der Waals surface area contributed by atoms with Crippen molar-refractivity contribution in [3.05, 3.63) is 11.9 Å². The Hall–Kier alpha value is -1.40. The Labute approximate surface area is 126 Å². The molecular formula is C15H26N4O2. The molecule has 1 aromatic rings. The van der Waals surface area contributed by atoms with Crippen molar-refractivity contribution in [2.45, 2.75) is 26.7 Å². The lowest BCUT2D eigenvalue weighted by Gasteiger charge is -2.26. The lowest BCUT2D eigenvalue weighted by atomic mass is 10.3. The molecule has 0 atom stereocenters. The van der Waals surface area contributed by atoms with E-state index >= 15 is 0 Å². The largest absolute Gasteiger partial charge is 0.478 e. The van der Waals surface area contributed by atoms with E-state index in [1.54, 1.807) is 0 Å². The van der Waals surface area contributed by atoms with E-state index in [1.807, 2.05) is 19.9 Å². The van der Waals surface area contributed by atoms with Crippen molar-refractivity contribution in [3.63, 3.8) is 0 Å². The Morgan fingerprint density at radius 2 is 2.10 bits per heavy atom. The fourth-order valence-corrected chi connectivity index (χ4v) is 2.29. The highest BCUT2D eigenvalue weighted by Crippen LogP contribution is 2.14. The fourth-order valence-electron chi connectivity index (χ4n) is 2.29. The third kappa shape index (κ3) is 5.47. The first-order valence-electron chi connectivity index (χ1n) is 7.86. The Balaban J connectivity index is 1.77. The molecule has 1 fully saturated rings. The van der Waals surface area contributed by atoms with Gasteiger partial charge in [-0.25, -0.2) is 4.98 Å². The van der Waals surface area contributed by atoms with E-state index in [4.69, 9.17) is 9.47 Å². The lowest BCUT2D eigenvalue weighted by molar-refractivity contribution is 0.0378. The molecule has 1 aliphatic heterocycles. The van der Waals surface area contributed by atoms with E-state index in [0.717, 1.165) is 63.9 Å². The highest BCUT2D eigenvalue weighted by atomic mass is 16.5. The molecule has 1 saturated heterocycles. The van der Waals surface area contributed by atoms with Gasteiger partial charge in [0.2, 0.25) is 5.88 Å². The van der Waals surface area contributed by atoms with Crippen LogP contribution < -0.4 is 10.1 Å². The Kier molecular flexibility index (Phi) is 6.69. The van der Waals surface area contributed by atoms with Crippen molar-refractivity contribution in [1.29, 1.82) is 0 Å². The maximum absolute atomic E-state index is 5.48. The molecule has 1 N–H and O–H groups in total. The van der Waals surface area contributed by atoms with Crippen LogP contribution in [0.15, 0.2) is 6.07 Å². The van der Waals surface area contributed by atoms with Crippen LogP contribution in [0.3, 0.4) is 0 Å². The van der Waals surface area contributed by atoms with Crippen LogP contribution in [0.2, 0.25) is 0 Å². The predicted octanol–water partition coefficient (Wildman–Crippen LogP) is 1.57. The van der Waals surface area contributed by atoms with Crippen LogP contribution in [-0.2, 0) is 11.2 Å². The minimum atomic E-state index is 0.622. The summed E-state index contributed by atoms with van der Waals surface area (Å²) in [7, 11) is 0. The number of ether oxygens (including phenoxy) is 2. The van der Waals surface area contributed by atoms with Crippen LogP contribution >= 0.6 is 0 Å². The second kappa shape index (κ2) is 8.79. The molecular weight excluding hydrogens is 268 g/mol. The van der Waals surface area contributed by atoms with Gasteiger partial charge in [-0.3, -0.25) is 4.90 Å². The van der Waals surface area contributed by atoms with Gasteiger partial charge in [0.05, 0.1) is 19.8 Å². The van der Waals surface area contributed by atoms with Crippen LogP contribution in [0, 0.1) is 0 Å². The zero-order valence-corrected chi connectivity index (χ0v) is 13.1. The summed E-state index contributed by atoms with van der Waals surface area (Å²) in [5, 5.41) is 3.37. The van der Waals surface area contributed by atoms with Crippen molar-refractivity contribution in [2.24, 2.45) is 0 Å². The molecule has 1 aliphatic rings. The topological polar surface area (TPSA) is 59.5 Å². The second-order valence-corrected chi connectivity index (χ2v) is 5.03. The molecule has 0 unspecified atom stereocenters. The van der Waals surface area contributed by atoms with Gasteiger partial charge in [-0.1, -0.05) is 6.92 Å². The number of rotatable bonds is 8. The number of aromatic nitrogens is 2. The molecule has 0 aliphatic carbocycles. The summed E-state index contributed by atoms with van der Waals surface area (Å²) in [5.41, 5.74) is 0. The van der Waals surface area contributed by atoms with Crippen LogP contribution in [0.5, 0.6) is 5.88 Å². The highest BCUT2D eigenvalue weighted by molar-refractivity contribution is 5.38. The molecule has 0 bridgehead atoms. The quantitative estimate of drug-likeness (QED) is 0.735. The number of anilines is 1. The molecule has 0 aromatic carbocycles. The number of hydrogen-bond acceptors (Lipinski definition) is 6. The number of hydrogen-bond donors (Lipinski definition) is 1. The summed E-state index contributed by atoms with van der Waals surface area (Å²) < 4.78 is 10.8. The van der Waals surface area contributed by atoms with Crippen molar-refractivity contribution >= 4 is 5.82 Å². The van der Waals surface area contributed by atoms with Crippen molar-refractivity contribution in [1.82, 2.24) is 14.9 Å². The van der Waals surface area contributed by atoms with Gasteiger partial charge < -0.3 is 14.8 Å². The van der Waals surface area contributed by atoms with E-state index in [1.165, 1.54) is 0 Å². The van der Waals surface area contributed by atoms with Gasteiger partial charge in [0.15, 0.2) is 0 Å². The third-order valence-electron chi connectivity index (χ3n) is 3.42. The SMILES string of the molecule is CCOc1cc(NCCCN2CCOCC2)nc(CC)n1. The first kappa shape index (κ1) is 16.0. The molecule has 0 radical (unpaired) electrons. The van der Waals surface area contributed by atoms with E-state index in [0.29, 0.717) is 12.5 Å². The number of nitrogens with one attached hydrogen (secondary N) is 1. The van der Waals surface area contributed by atoms with Crippen LogP contribution in [-0.4, -0.2) is 60.9 Å². The molecule has 0 spiro atoms. The molecule has 6 nitrogen and oxygen atoms in total. The zero-order valence-electron chi connectivity index (χ0n) is 13.1. The van der Waals surface area contributed by atoms with Crippen LogP contribution in [0.25, 0.3) is 0 Å². The summed E-state index contributed by atoms with van der Waals surface area (Å²) in [6.07, 6.45) is 1.90. The van der Waals surface area contributed by atoms with E-state index < -0.39 is 0 Å². The Morgan fingerprint density at radius 3 is 2.81 bits per heavy atom. The maximum Gasteiger partial charge on any atom is 0.218 e. The van der Waals surface area contributed by atoms with Gasteiger partial charge >= 0.3 is 0 Å². The molecule has 0 saturated carbocycles. The highest BCUT2D eigenvalue weighted by Gasteiger charge is 2.09. The minimum absolute atomic E-state index is 0.622. The van der Waals surface area contributed by atoms with Gasteiger partial charge in [-0.05, 0) is 19.9 Å². The normalized spacial score (nSPS) is 15.9. The van der Waals surface area contributed by atoms with Crippen molar-refractivity contribution in [3.8, 4) is 5.88 Å². The molecule has 2 heterocycles. The first-order valence-corrected chi connectivity index (χ1v) is 7.86. The summed E-state index contributed by atoms with van der Waals surface area (Å²) in [5.74, 6) is 2.32. The van der Waals surface area contributed by atoms with Crippen molar-refractivity contribution < 1.29 is 9.47 Å². The molecule has 6 heteroatoms. The number of aryl methyl sites for hydroxylation is 1. The number of nitrogens with zero attached hydrogens (tertiary/aromatic N) is 3. The average Bonchev–Trinajstić information content (AvgIpc) is 2.53. The standard InChI is InChI=1S/C15H26N4O2/c1-3-13-17-14(12-15(18-13)21-4-2)16-6-5-7-19-8-10-20-11-9-19/h12H,3-11H2,1-2H3,(H,16,17,18). The van der Waals surface area contributed by atoms with Crippen molar-refractivity contribution in [2.75, 3.05) is 51.3 Å². The molecule has 118 valence electrons. The summed E-state index contributed by atoms with van der Waals surface area (Å²) >= 11 is 0. The third-order valence-corrected chi connectivity index (χ3v) is 3.42. The van der Waals surface area contributed by atoms with E-state index in [9.17, 15) is 0 Å². The summed E-state index contributed by atoms with van der Waals surface area (Å²) in [6, 6.07) is 1.87. The monoisotopic (exact) mass is 294 g/mol. The molecule has 21 heavy (non-hydrogen) atoms. The first-order chi connectivity index (χ1) is 10.3. The predicted molar refractivity (Wildman–Crippen MR) is 82.9 cm³/mol.